The molecule has 104 valence electrons. The molecule has 0 heterocycles. The van der Waals surface area contributed by atoms with E-state index in [1.807, 2.05) is 4.72 Å². The van der Waals surface area contributed by atoms with Crippen molar-refractivity contribution in [3.05, 3.63) is 34.4 Å². The van der Waals surface area contributed by atoms with Gasteiger partial charge >= 0.3 is 0 Å². The minimum atomic E-state index is -4.22. The molecule has 0 aliphatic heterocycles. The van der Waals surface area contributed by atoms with Gasteiger partial charge in [0.25, 0.3) is 5.69 Å². The summed E-state index contributed by atoms with van der Waals surface area (Å²) in [5.74, 6) is -1.11. The molecule has 0 spiro atoms. The lowest BCUT2D eigenvalue weighted by Crippen LogP contribution is -2.40. The average Bonchev–Trinajstić information content (AvgIpc) is 2.35. The van der Waals surface area contributed by atoms with Crippen LogP contribution in [0.1, 0.15) is 0 Å². The van der Waals surface area contributed by atoms with Gasteiger partial charge in [-0.25, -0.2) is 13.1 Å². The Morgan fingerprint density at radius 1 is 1.47 bits per heavy atom. The minimum Gasteiger partial charge on any atom is -0.382 e. The summed E-state index contributed by atoms with van der Waals surface area (Å²) < 4.78 is 25.5. The van der Waals surface area contributed by atoms with E-state index < -0.39 is 44.1 Å². The number of aliphatic hydroxyl groups is 1. The lowest BCUT2D eigenvalue weighted by molar-refractivity contribution is -0.387. The molecule has 0 fully saturated rings. The van der Waals surface area contributed by atoms with Crippen LogP contribution >= 0.6 is 0 Å². The Kier molecular flexibility index (Phi) is 4.53. The quantitative estimate of drug-likeness (QED) is 0.438. The van der Waals surface area contributed by atoms with E-state index in [4.69, 9.17) is 10.8 Å². The second-order valence-electron chi connectivity index (χ2n) is 3.49. The van der Waals surface area contributed by atoms with E-state index in [0.29, 0.717) is 0 Å². The minimum absolute atomic E-state index is 0.559. The number of hydrogen-bond acceptors (Lipinski definition) is 6. The molecule has 0 saturated carbocycles. The topological polar surface area (TPSA) is 153 Å². The first-order valence-electron chi connectivity index (χ1n) is 4.96. The molecule has 1 rings (SSSR count). The molecule has 0 saturated heterocycles. The van der Waals surface area contributed by atoms with Crippen LogP contribution in [0, 0.1) is 10.1 Å². The van der Waals surface area contributed by atoms with Gasteiger partial charge < -0.3 is 10.8 Å². The highest BCUT2D eigenvalue weighted by Crippen LogP contribution is 2.22. The van der Waals surface area contributed by atoms with Crippen LogP contribution in [0.2, 0.25) is 0 Å². The van der Waals surface area contributed by atoms with Gasteiger partial charge in [-0.15, -0.1) is 0 Å². The first-order valence-corrected chi connectivity index (χ1v) is 6.44. The first kappa shape index (κ1) is 15.0. The fourth-order valence-electron chi connectivity index (χ4n) is 1.20. The standard InChI is InChI=1S/C9H11N3O6S/c10-9(14)7(13)5-11-19(17,18)8-4-2-1-3-6(8)12(15)16/h1-4,7,11,13H,5H2,(H2,10,14). The summed E-state index contributed by atoms with van der Waals surface area (Å²) >= 11 is 0. The number of carbonyl (C=O) groups excluding carboxylic acids is 1. The van der Waals surface area contributed by atoms with E-state index in [-0.39, 0.29) is 0 Å². The Balaban J connectivity index is 3.01. The maximum atomic E-state index is 11.8. The number of nitro benzene ring substituents is 1. The number of aliphatic hydroxyl groups excluding tert-OH is 1. The summed E-state index contributed by atoms with van der Waals surface area (Å²) in [4.78, 5) is 19.9. The van der Waals surface area contributed by atoms with Crippen molar-refractivity contribution in [2.75, 3.05) is 6.54 Å². The zero-order valence-electron chi connectivity index (χ0n) is 9.52. The van der Waals surface area contributed by atoms with Crippen LogP contribution in [0.3, 0.4) is 0 Å². The van der Waals surface area contributed by atoms with E-state index in [2.05, 4.69) is 0 Å². The average molecular weight is 289 g/mol. The van der Waals surface area contributed by atoms with E-state index in [1.54, 1.807) is 0 Å². The second kappa shape index (κ2) is 5.73. The van der Waals surface area contributed by atoms with Crippen molar-refractivity contribution in [1.29, 1.82) is 0 Å². The van der Waals surface area contributed by atoms with E-state index in [1.165, 1.54) is 12.1 Å². The van der Waals surface area contributed by atoms with Crippen molar-refractivity contribution in [2.45, 2.75) is 11.0 Å². The number of sulfonamides is 1. The molecule has 1 unspecified atom stereocenters. The molecule has 1 aromatic carbocycles. The van der Waals surface area contributed by atoms with Gasteiger partial charge in [0.15, 0.2) is 4.90 Å². The summed E-state index contributed by atoms with van der Waals surface area (Å²) in [6.07, 6.45) is -1.71. The van der Waals surface area contributed by atoms with Crippen LogP contribution in [-0.2, 0) is 14.8 Å². The number of nitrogens with two attached hydrogens (primary N) is 1. The lowest BCUT2D eigenvalue weighted by Gasteiger charge is -2.09. The van der Waals surface area contributed by atoms with Crippen molar-refractivity contribution in [2.24, 2.45) is 5.73 Å². The lowest BCUT2D eigenvalue weighted by atomic mass is 10.3. The number of hydrogen-bond donors (Lipinski definition) is 3. The predicted molar refractivity (Wildman–Crippen MR) is 63.5 cm³/mol. The van der Waals surface area contributed by atoms with Crippen LogP contribution in [0.5, 0.6) is 0 Å². The zero-order chi connectivity index (χ0) is 14.6. The Morgan fingerprint density at radius 3 is 2.58 bits per heavy atom. The van der Waals surface area contributed by atoms with Gasteiger partial charge in [-0.05, 0) is 6.07 Å². The zero-order valence-corrected chi connectivity index (χ0v) is 10.3. The summed E-state index contributed by atoms with van der Waals surface area (Å²) in [6, 6.07) is 4.69. The number of rotatable bonds is 6. The highest BCUT2D eigenvalue weighted by atomic mass is 32.2. The van der Waals surface area contributed by atoms with Crippen LogP contribution in [0.25, 0.3) is 0 Å². The highest BCUT2D eigenvalue weighted by molar-refractivity contribution is 7.89. The normalized spacial score (nSPS) is 12.9. The Bertz CT molecular complexity index is 600. The van der Waals surface area contributed by atoms with Crippen molar-refractivity contribution in [1.82, 2.24) is 4.72 Å². The number of nitrogens with one attached hydrogen (secondary N) is 1. The Labute approximate surface area is 108 Å². The molecule has 0 bridgehead atoms. The van der Waals surface area contributed by atoms with Crippen molar-refractivity contribution in [3.8, 4) is 0 Å². The van der Waals surface area contributed by atoms with Gasteiger partial charge in [0, 0.05) is 12.6 Å². The third kappa shape index (κ3) is 3.71. The van der Waals surface area contributed by atoms with Gasteiger partial charge in [0.05, 0.1) is 4.92 Å². The van der Waals surface area contributed by atoms with Crippen LogP contribution in [-0.4, -0.2) is 37.0 Å². The van der Waals surface area contributed by atoms with Crippen LogP contribution < -0.4 is 10.5 Å². The van der Waals surface area contributed by atoms with Crippen LogP contribution in [0.15, 0.2) is 29.2 Å². The van der Waals surface area contributed by atoms with E-state index in [0.717, 1.165) is 12.1 Å². The number of para-hydroxylation sites is 1. The Morgan fingerprint density at radius 2 is 2.05 bits per heavy atom. The van der Waals surface area contributed by atoms with Gasteiger partial charge in [-0.1, -0.05) is 12.1 Å². The third-order valence-electron chi connectivity index (χ3n) is 2.15. The van der Waals surface area contributed by atoms with Crippen molar-refractivity contribution < 1.29 is 23.2 Å². The predicted octanol–water partition coefficient (Wildman–Crippen LogP) is -1.28. The highest BCUT2D eigenvalue weighted by Gasteiger charge is 2.26. The molecule has 0 aliphatic rings. The molecule has 0 radical (unpaired) electrons. The Hall–Kier alpha value is -2.04. The molecule has 19 heavy (non-hydrogen) atoms. The summed E-state index contributed by atoms with van der Waals surface area (Å²) in [7, 11) is -4.22. The largest absolute Gasteiger partial charge is 0.382 e. The number of nitrogens with zero attached hydrogens (tertiary/aromatic N) is 1. The van der Waals surface area contributed by atoms with E-state index >= 15 is 0 Å². The molecular formula is C9H11N3O6S. The van der Waals surface area contributed by atoms with Crippen LogP contribution in [0.4, 0.5) is 5.69 Å². The fourth-order valence-corrected chi connectivity index (χ4v) is 2.41. The number of nitro groups is 1. The van der Waals surface area contributed by atoms with Gasteiger partial charge in [-0.2, -0.15) is 0 Å². The third-order valence-corrected chi connectivity index (χ3v) is 3.62. The van der Waals surface area contributed by atoms with E-state index in [9.17, 15) is 23.3 Å². The summed E-state index contributed by atoms with van der Waals surface area (Å²) in [5.41, 5.74) is 4.14. The van der Waals surface area contributed by atoms with Gasteiger partial charge in [-0.3, -0.25) is 14.9 Å². The molecule has 0 aliphatic carbocycles. The molecular weight excluding hydrogens is 278 g/mol. The second-order valence-corrected chi connectivity index (χ2v) is 5.23. The SMILES string of the molecule is NC(=O)C(O)CNS(=O)(=O)c1ccccc1[N+](=O)[O-]. The molecule has 9 nitrogen and oxygen atoms in total. The number of benzene rings is 1. The first-order chi connectivity index (χ1) is 8.75. The maximum absolute atomic E-state index is 11.8. The van der Waals surface area contributed by atoms with Gasteiger partial charge in [0.1, 0.15) is 6.10 Å². The molecule has 1 amide bonds. The molecule has 1 atom stereocenters. The number of carbonyl (C=O) groups is 1. The van der Waals surface area contributed by atoms with Crippen molar-refractivity contribution in [3.63, 3.8) is 0 Å². The molecule has 0 aromatic heterocycles. The fraction of sp³-hybridized carbons (Fsp3) is 0.222. The monoisotopic (exact) mass is 289 g/mol. The molecule has 10 heteroatoms. The van der Waals surface area contributed by atoms with Gasteiger partial charge in [0.2, 0.25) is 15.9 Å². The molecule has 4 N–H and O–H groups in total. The summed E-state index contributed by atoms with van der Waals surface area (Å²) in [5, 5.41) is 19.8. The smallest absolute Gasteiger partial charge is 0.289 e. The van der Waals surface area contributed by atoms with Crippen molar-refractivity contribution >= 4 is 21.6 Å². The maximum Gasteiger partial charge on any atom is 0.289 e. The number of primary amides is 1. The molecule has 1 aromatic rings. The number of amides is 1. The summed E-state index contributed by atoms with van der Waals surface area (Å²) in [6.45, 7) is -0.663.